The molecule has 6 rings (SSSR count). The third-order valence-corrected chi connectivity index (χ3v) is 5.89. The zero-order valence-electron chi connectivity index (χ0n) is 16.2. The van der Waals surface area contributed by atoms with Gasteiger partial charge in [0.05, 0.1) is 16.7 Å². The van der Waals surface area contributed by atoms with Crippen LogP contribution in [0.3, 0.4) is 0 Å². The number of nitrogens with one attached hydrogen (secondary N) is 1. The van der Waals surface area contributed by atoms with Crippen LogP contribution in [0.15, 0.2) is 97.1 Å². The lowest BCUT2D eigenvalue weighted by molar-refractivity contribution is 1.18. The van der Waals surface area contributed by atoms with Gasteiger partial charge < -0.3 is 9.55 Å². The first-order valence-electron chi connectivity index (χ1n) is 9.97. The van der Waals surface area contributed by atoms with Crippen LogP contribution in [0.4, 0.5) is 0 Å². The van der Waals surface area contributed by atoms with E-state index in [4.69, 9.17) is 0 Å². The van der Waals surface area contributed by atoms with Crippen LogP contribution >= 0.6 is 0 Å². The minimum Gasteiger partial charge on any atom is -0.358 e. The number of aromatic amines is 1. The number of para-hydroxylation sites is 2. The summed E-state index contributed by atoms with van der Waals surface area (Å²) < 4.78 is 2.37. The van der Waals surface area contributed by atoms with Crippen LogP contribution in [0.2, 0.25) is 0 Å². The molecule has 2 nitrogen and oxygen atoms in total. The smallest absolute Gasteiger partial charge is 0.0547 e. The van der Waals surface area contributed by atoms with E-state index in [1.54, 1.807) is 0 Å². The van der Waals surface area contributed by atoms with Gasteiger partial charge >= 0.3 is 0 Å². The molecule has 138 valence electrons. The molecule has 0 amide bonds. The van der Waals surface area contributed by atoms with Crippen molar-refractivity contribution in [1.82, 2.24) is 9.55 Å². The maximum atomic E-state index is 3.62. The fourth-order valence-corrected chi connectivity index (χ4v) is 4.56. The molecule has 0 aliphatic rings. The summed E-state index contributed by atoms with van der Waals surface area (Å²) in [7, 11) is 0. The number of hydrogen-bond acceptors (Lipinski definition) is 0. The lowest BCUT2D eigenvalue weighted by Gasteiger charge is -2.08. The van der Waals surface area contributed by atoms with E-state index < -0.39 is 0 Å². The predicted molar refractivity (Wildman–Crippen MR) is 123 cm³/mol. The summed E-state index contributed by atoms with van der Waals surface area (Å²) in [6.07, 6.45) is 0. The van der Waals surface area contributed by atoms with Gasteiger partial charge in [-0.15, -0.1) is 0 Å². The van der Waals surface area contributed by atoms with Crippen molar-refractivity contribution in [2.75, 3.05) is 0 Å². The molecule has 0 fully saturated rings. The molecule has 1 N–H and O–H groups in total. The Morgan fingerprint density at radius 3 is 2.07 bits per heavy atom. The molecule has 0 unspecified atom stereocenters. The van der Waals surface area contributed by atoms with Crippen LogP contribution in [0.25, 0.3) is 49.5 Å². The molecule has 2 heterocycles. The van der Waals surface area contributed by atoms with Crippen molar-refractivity contribution in [3.8, 4) is 16.9 Å². The van der Waals surface area contributed by atoms with Crippen molar-refractivity contribution in [3.05, 3.63) is 103 Å². The molecule has 4 aromatic carbocycles. The van der Waals surface area contributed by atoms with Crippen LogP contribution < -0.4 is 0 Å². The first-order chi connectivity index (χ1) is 14.3. The third-order valence-electron chi connectivity index (χ3n) is 5.89. The second-order valence-electron chi connectivity index (χ2n) is 7.59. The normalized spacial score (nSPS) is 11.6. The Morgan fingerprint density at radius 2 is 1.24 bits per heavy atom. The Bertz CT molecular complexity index is 1500. The summed E-state index contributed by atoms with van der Waals surface area (Å²) in [4.78, 5) is 3.62. The fourth-order valence-electron chi connectivity index (χ4n) is 4.56. The highest BCUT2D eigenvalue weighted by atomic mass is 15.0. The molecular weight excluding hydrogens is 352 g/mol. The van der Waals surface area contributed by atoms with Gasteiger partial charge in [-0.1, -0.05) is 72.8 Å². The predicted octanol–water partition coefficient (Wildman–Crippen LogP) is 7.24. The summed E-state index contributed by atoms with van der Waals surface area (Å²) in [6, 6.07) is 34.7. The largest absolute Gasteiger partial charge is 0.358 e. The Balaban J connectivity index is 1.70. The van der Waals surface area contributed by atoms with Gasteiger partial charge in [-0.25, -0.2) is 0 Å². The number of aryl methyl sites for hydroxylation is 1. The lowest BCUT2D eigenvalue weighted by atomic mass is 10.0. The maximum absolute atomic E-state index is 3.62. The number of rotatable bonds is 2. The fraction of sp³-hybridized carbons (Fsp3) is 0.0370. The second-order valence-corrected chi connectivity index (χ2v) is 7.59. The first-order valence-corrected chi connectivity index (χ1v) is 9.97. The van der Waals surface area contributed by atoms with Gasteiger partial charge in [-0.2, -0.15) is 0 Å². The average molecular weight is 372 g/mol. The Kier molecular flexibility index (Phi) is 3.41. The lowest BCUT2D eigenvalue weighted by Crippen LogP contribution is -1.93. The molecule has 0 aliphatic heterocycles. The minimum atomic E-state index is 1.18. The zero-order valence-corrected chi connectivity index (χ0v) is 16.2. The maximum Gasteiger partial charge on any atom is 0.0547 e. The highest BCUT2D eigenvalue weighted by Gasteiger charge is 2.15. The van der Waals surface area contributed by atoms with Crippen LogP contribution in [0.5, 0.6) is 0 Å². The molecule has 0 bridgehead atoms. The molecular formula is C27H20N2. The van der Waals surface area contributed by atoms with E-state index in [0.29, 0.717) is 0 Å². The van der Waals surface area contributed by atoms with Gasteiger partial charge in [-0.3, -0.25) is 0 Å². The molecule has 0 spiro atoms. The standard InChI is InChI=1S/C27H20N2/c1-18-21-11-5-6-13-24(21)27(28-18)19-15-16-23-22-12-7-8-14-25(22)29(26(23)17-19)20-9-3-2-4-10-20/h2-17,28H,1H3. The summed E-state index contributed by atoms with van der Waals surface area (Å²) in [5, 5.41) is 5.11. The monoisotopic (exact) mass is 372 g/mol. The highest BCUT2D eigenvalue weighted by molar-refractivity contribution is 6.11. The number of aromatic nitrogens is 2. The van der Waals surface area contributed by atoms with Crippen molar-refractivity contribution in [1.29, 1.82) is 0 Å². The molecule has 29 heavy (non-hydrogen) atoms. The molecule has 0 saturated carbocycles. The second kappa shape index (κ2) is 6.11. The SMILES string of the molecule is Cc1[nH]c(-c2ccc3c4ccccc4n(-c4ccccc4)c3c2)c2ccccc12. The number of fused-ring (bicyclic) bond motifs is 4. The van der Waals surface area contributed by atoms with E-state index in [-0.39, 0.29) is 0 Å². The van der Waals surface area contributed by atoms with Gasteiger partial charge in [-0.05, 0) is 31.2 Å². The van der Waals surface area contributed by atoms with E-state index in [1.165, 1.54) is 55.2 Å². The van der Waals surface area contributed by atoms with Gasteiger partial charge in [0, 0.05) is 38.5 Å². The summed E-state index contributed by atoms with van der Waals surface area (Å²) in [5.41, 5.74) is 7.25. The van der Waals surface area contributed by atoms with E-state index >= 15 is 0 Å². The zero-order chi connectivity index (χ0) is 19.4. The van der Waals surface area contributed by atoms with Gasteiger partial charge in [0.25, 0.3) is 0 Å². The number of benzene rings is 4. The van der Waals surface area contributed by atoms with Gasteiger partial charge in [0.1, 0.15) is 0 Å². The minimum absolute atomic E-state index is 1.18. The summed E-state index contributed by atoms with van der Waals surface area (Å²) in [5.74, 6) is 0. The van der Waals surface area contributed by atoms with Crippen molar-refractivity contribution >= 4 is 32.6 Å². The highest BCUT2D eigenvalue weighted by Crippen LogP contribution is 2.36. The molecule has 0 aliphatic carbocycles. The first kappa shape index (κ1) is 16.2. The topological polar surface area (TPSA) is 20.7 Å². The Labute approximate surface area is 169 Å². The van der Waals surface area contributed by atoms with Crippen molar-refractivity contribution in [2.45, 2.75) is 6.92 Å². The van der Waals surface area contributed by atoms with E-state index in [1.807, 2.05) is 0 Å². The average Bonchev–Trinajstić information content (AvgIpc) is 3.29. The number of nitrogens with zero attached hydrogens (tertiary/aromatic N) is 1. The van der Waals surface area contributed by atoms with Crippen LogP contribution in [0, 0.1) is 6.92 Å². The molecule has 6 aromatic rings. The van der Waals surface area contributed by atoms with E-state index in [2.05, 4.69) is 114 Å². The van der Waals surface area contributed by atoms with Crippen LogP contribution in [0.1, 0.15) is 5.69 Å². The molecule has 0 atom stereocenters. The molecule has 2 aromatic heterocycles. The third kappa shape index (κ3) is 2.36. The molecule has 0 saturated heterocycles. The van der Waals surface area contributed by atoms with E-state index in [9.17, 15) is 0 Å². The van der Waals surface area contributed by atoms with Gasteiger partial charge in [0.15, 0.2) is 0 Å². The number of hydrogen-bond donors (Lipinski definition) is 1. The van der Waals surface area contributed by atoms with Gasteiger partial charge in [0.2, 0.25) is 0 Å². The van der Waals surface area contributed by atoms with Crippen molar-refractivity contribution in [3.63, 3.8) is 0 Å². The Hall–Kier alpha value is -3.78. The van der Waals surface area contributed by atoms with Crippen molar-refractivity contribution < 1.29 is 0 Å². The summed E-state index contributed by atoms with van der Waals surface area (Å²) in [6.45, 7) is 2.14. The molecule has 0 radical (unpaired) electrons. The quantitative estimate of drug-likeness (QED) is 0.331. The van der Waals surface area contributed by atoms with E-state index in [0.717, 1.165) is 0 Å². The summed E-state index contributed by atoms with van der Waals surface area (Å²) >= 11 is 0. The van der Waals surface area contributed by atoms with Crippen LogP contribution in [-0.4, -0.2) is 9.55 Å². The Morgan fingerprint density at radius 1 is 0.586 bits per heavy atom. The molecule has 2 heteroatoms. The van der Waals surface area contributed by atoms with Crippen molar-refractivity contribution in [2.24, 2.45) is 0 Å². The number of H-pyrrole nitrogens is 1. The van der Waals surface area contributed by atoms with Crippen LogP contribution in [-0.2, 0) is 0 Å².